The van der Waals surface area contributed by atoms with Crippen LogP contribution in [0.1, 0.15) is 11.1 Å². The van der Waals surface area contributed by atoms with Crippen LogP contribution in [0.4, 0.5) is 0 Å². The molecule has 0 aliphatic heterocycles. The van der Waals surface area contributed by atoms with Gasteiger partial charge >= 0.3 is 13.6 Å². The summed E-state index contributed by atoms with van der Waals surface area (Å²) in [6, 6.07) is 6.96. The minimum Gasteiger partial charge on any atom is -0.503 e. The molecule has 0 amide bonds. The number of carbonyl (C=O) groups is 1. The molecule has 0 atom stereocenters. The second-order valence-corrected chi connectivity index (χ2v) is 6.36. The van der Waals surface area contributed by atoms with Crippen molar-refractivity contribution in [3.63, 3.8) is 0 Å². The molecule has 0 unspecified atom stereocenters. The molecule has 0 aliphatic rings. The molecule has 116 valence electrons. The lowest BCUT2D eigenvalue weighted by atomic mass is 10.1. The molecule has 6 nitrogen and oxygen atoms in total. The van der Waals surface area contributed by atoms with Crippen molar-refractivity contribution >= 4 is 19.1 Å². The van der Waals surface area contributed by atoms with Crippen molar-refractivity contribution < 1.29 is 27.9 Å². The van der Waals surface area contributed by atoms with Crippen LogP contribution in [0.2, 0.25) is 0 Å². The summed E-state index contributed by atoms with van der Waals surface area (Å²) >= 11 is 0. The van der Waals surface area contributed by atoms with Crippen molar-refractivity contribution in [2.24, 2.45) is 0 Å². The number of carbonyl (C=O) groups excluding carboxylic acids is 1. The Balaban J connectivity index is 3.12. The molecule has 0 aromatic heterocycles. The van der Waals surface area contributed by atoms with Crippen LogP contribution in [0.3, 0.4) is 0 Å². The van der Waals surface area contributed by atoms with E-state index in [4.69, 9.17) is 18.5 Å². The van der Waals surface area contributed by atoms with E-state index in [1.54, 1.807) is 24.3 Å². The fourth-order valence-corrected chi connectivity index (χ4v) is 2.78. The second kappa shape index (κ2) is 7.98. The molecule has 0 N–H and O–H groups in total. The Morgan fingerprint density at radius 3 is 2.38 bits per heavy atom. The smallest absolute Gasteiger partial charge is 0.341 e. The lowest BCUT2D eigenvalue weighted by molar-refractivity contribution is -0.133. The predicted molar refractivity (Wildman–Crippen MR) is 78.8 cm³/mol. The summed E-state index contributed by atoms with van der Waals surface area (Å²) in [5.74, 6) is -0.518. The van der Waals surface area contributed by atoms with E-state index in [2.05, 4.69) is 0 Å². The Morgan fingerprint density at radius 2 is 1.86 bits per heavy atom. The quantitative estimate of drug-likeness (QED) is 0.333. The van der Waals surface area contributed by atoms with Gasteiger partial charge in [-0.05, 0) is 11.1 Å². The van der Waals surface area contributed by atoms with Gasteiger partial charge in [0.05, 0.1) is 26.6 Å². The van der Waals surface area contributed by atoms with Crippen LogP contribution >= 0.6 is 7.60 Å². The van der Waals surface area contributed by atoms with Crippen molar-refractivity contribution in [3.8, 4) is 0 Å². The minimum atomic E-state index is -3.17. The van der Waals surface area contributed by atoms with Crippen molar-refractivity contribution in [1.82, 2.24) is 0 Å². The molecule has 7 heteroatoms. The summed E-state index contributed by atoms with van der Waals surface area (Å²) < 4.78 is 31.6. The molecule has 0 saturated heterocycles. The van der Waals surface area contributed by atoms with Gasteiger partial charge in [-0.15, -0.1) is 0 Å². The van der Waals surface area contributed by atoms with Crippen LogP contribution < -0.4 is 0 Å². The molecule has 1 rings (SSSR count). The topological polar surface area (TPSA) is 71.1 Å². The van der Waals surface area contributed by atoms with Crippen LogP contribution in [0.15, 0.2) is 30.5 Å². The highest BCUT2D eigenvalue weighted by Crippen LogP contribution is 2.49. The summed E-state index contributed by atoms with van der Waals surface area (Å²) in [6.45, 7) is 0. The van der Waals surface area contributed by atoms with Crippen molar-refractivity contribution in [1.29, 1.82) is 0 Å². The summed E-state index contributed by atoms with van der Waals surface area (Å²) in [6.07, 6.45) is 1.41. The fraction of sp³-hybridized carbons (Fsp3) is 0.357. The highest BCUT2D eigenvalue weighted by molar-refractivity contribution is 7.52. The SMILES string of the molecule is CO/C=C(/C(=O)OC)c1cccc(CP(=O)(OC)OC)c1. The number of methoxy groups -OCH3 is 2. The number of benzene rings is 1. The van der Waals surface area contributed by atoms with Crippen LogP contribution in [-0.4, -0.2) is 34.4 Å². The highest BCUT2D eigenvalue weighted by atomic mass is 31.2. The number of rotatable bonds is 7. The first-order chi connectivity index (χ1) is 9.99. The van der Waals surface area contributed by atoms with E-state index in [1.165, 1.54) is 34.7 Å². The lowest BCUT2D eigenvalue weighted by Gasteiger charge is -2.14. The third-order valence-corrected chi connectivity index (χ3v) is 4.68. The molecule has 0 fully saturated rings. The second-order valence-electron chi connectivity index (χ2n) is 4.09. The molecule has 0 spiro atoms. The predicted octanol–water partition coefficient (Wildman–Crippen LogP) is 2.83. The third kappa shape index (κ3) is 4.70. The van der Waals surface area contributed by atoms with E-state index in [9.17, 15) is 9.36 Å². The molecule has 1 aromatic rings. The first-order valence-electron chi connectivity index (χ1n) is 6.10. The maximum Gasteiger partial charge on any atom is 0.341 e. The van der Waals surface area contributed by atoms with Crippen LogP contribution in [0.25, 0.3) is 5.57 Å². The standard InChI is InChI=1S/C14H19O6P/c1-17-9-13(14(15)18-2)12-7-5-6-11(8-12)10-21(16,19-3)20-4/h5-9H,10H2,1-4H3/b13-9+. The van der Waals surface area contributed by atoms with Gasteiger partial charge in [-0.2, -0.15) is 0 Å². The van der Waals surface area contributed by atoms with Gasteiger partial charge in [-0.25, -0.2) is 4.79 Å². The Morgan fingerprint density at radius 1 is 1.19 bits per heavy atom. The molecule has 0 aliphatic carbocycles. The van der Waals surface area contributed by atoms with Gasteiger partial charge in [0.1, 0.15) is 5.57 Å². The Bertz CT molecular complexity index is 558. The molecular weight excluding hydrogens is 295 g/mol. The zero-order valence-corrected chi connectivity index (χ0v) is 13.4. The van der Waals surface area contributed by atoms with Gasteiger partial charge in [0.2, 0.25) is 0 Å². The lowest BCUT2D eigenvalue weighted by Crippen LogP contribution is -2.05. The van der Waals surface area contributed by atoms with Crippen LogP contribution in [0.5, 0.6) is 0 Å². The van der Waals surface area contributed by atoms with Crippen LogP contribution in [-0.2, 0) is 34.0 Å². The van der Waals surface area contributed by atoms with Crippen molar-refractivity contribution in [2.75, 3.05) is 28.4 Å². The van der Waals surface area contributed by atoms with E-state index in [1.807, 2.05) is 0 Å². The van der Waals surface area contributed by atoms with Crippen molar-refractivity contribution in [3.05, 3.63) is 41.7 Å². The van der Waals surface area contributed by atoms with Gasteiger partial charge in [0.15, 0.2) is 0 Å². The summed E-state index contributed by atoms with van der Waals surface area (Å²) in [4.78, 5) is 11.7. The van der Waals surface area contributed by atoms with Gasteiger partial charge < -0.3 is 18.5 Å². The summed E-state index contributed by atoms with van der Waals surface area (Å²) in [5.41, 5.74) is 1.58. The van der Waals surface area contributed by atoms with E-state index in [0.29, 0.717) is 11.1 Å². The molecule has 0 radical (unpaired) electrons. The largest absolute Gasteiger partial charge is 0.503 e. The maximum atomic E-state index is 12.1. The zero-order chi connectivity index (χ0) is 15.9. The number of esters is 1. The maximum absolute atomic E-state index is 12.1. The molecular formula is C14H19O6P. The minimum absolute atomic E-state index is 0.106. The van der Waals surface area contributed by atoms with Crippen molar-refractivity contribution in [2.45, 2.75) is 6.16 Å². The van der Waals surface area contributed by atoms with Gasteiger partial charge in [-0.1, -0.05) is 24.3 Å². The first kappa shape index (κ1) is 17.4. The number of hydrogen-bond acceptors (Lipinski definition) is 6. The molecule has 0 saturated carbocycles. The van der Waals surface area contributed by atoms with Gasteiger partial charge in [0.25, 0.3) is 0 Å². The number of hydrogen-bond donors (Lipinski definition) is 0. The summed E-state index contributed by atoms with van der Waals surface area (Å²) in [7, 11) is 2.23. The summed E-state index contributed by atoms with van der Waals surface area (Å²) in [5, 5.41) is 0. The Kier molecular flexibility index (Phi) is 6.62. The fourth-order valence-electron chi connectivity index (χ4n) is 1.73. The molecule has 21 heavy (non-hydrogen) atoms. The van der Waals surface area contributed by atoms with E-state index >= 15 is 0 Å². The highest BCUT2D eigenvalue weighted by Gasteiger charge is 2.22. The van der Waals surface area contributed by atoms with E-state index in [0.717, 1.165) is 0 Å². The Hall–Kier alpha value is -1.62. The zero-order valence-electron chi connectivity index (χ0n) is 12.5. The molecule has 0 bridgehead atoms. The van der Waals surface area contributed by atoms with Gasteiger partial charge in [0, 0.05) is 14.2 Å². The average Bonchev–Trinajstić information content (AvgIpc) is 2.52. The normalized spacial score (nSPS) is 12.1. The van der Waals surface area contributed by atoms with E-state index < -0.39 is 13.6 Å². The third-order valence-electron chi connectivity index (χ3n) is 2.81. The van der Waals surface area contributed by atoms with Crippen LogP contribution in [0, 0.1) is 0 Å². The molecule has 0 heterocycles. The van der Waals surface area contributed by atoms with Gasteiger partial charge in [-0.3, -0.25) is 4.57 Å². The Labute approximate surface area is 124 Å². The number of ether oxygens (including phenoxy) is 2. The average molecular weight is 314 g/mol. The monoisotopic (exact) mass is 314 g/mol. The van der Waals surface area contributed by atoms with E-state index in [-0.39, 0.29) is 11.7 Å². The molecule has 1 aromatic carbocycles. The first-order valence-corrected chi connectivity index (χ1v) is 7.83.